The van der Waals surface area contributed by atoms with E-state index in [0.29, 0.717) is 12.5 Å². The van der Waals surface area contributed by atoms with Crippen molar-refractivity contribution in [2.24, 2.45) is 0 Å². The average Bonchev–Trinajstić information content (AvgIpc) is 3.03. The van der Waals surface area contributed by atoms with Crippen molar-refractivity contribution >= 4 is 5.91 Å². The smallest absolute Gasteiger partial charge is 0.221 e. The highest BCUT2D eigenvalue weighted by Gasteiger charge is 2.29. The van der Waals surface area contributed by atoms with E-state index in [1.54, 1.807) is 0 Å². The van der Waals surface area contributed by atoms with Crippen LogP contribution >= 0.6 is 0 Å². The summed E-state index contributed by atoms with van der Waals surface area (Å²) in [5, 5.41) is 6.56. The van der Waals surface area contributed by atoms with Crippen LogP contribution in [0, 0.1) is 0 Å². The zero-order valence-corrected chi connectivity index (χ0v) is 13.3. The average molecular weight is 288 g/mol. The van der Waals surface area contributed by atoms with E-state index < -0.39 is 0 Å². The van der Waals surface area contributed by atoms with Crippen molar-refractivity contribution < 1.29 is 4.79 Å². The minimum atomic E-state index is 0.0556. The quantitative estimate of drug-likeness (QED) is 0.810. The van der Waals surface area contributed by atoms with Crippen LogP contribution in [0.3, 0.4) is 0 Å². The van der Waals surface area contributed by atoms with Gasteiger partial charge in [-0.1, -0.05) is 44.2 Å². The summed E-state index contributed by atoms with van der Waals surface area (Å²) in [5.41, 5.74) is 1.38. The standard InChI is InChI=1S/C18H28N2O/c1-3-18(4-2,15-9-6-5-7-10-15)14-20-17(21)13-16-11-8-12-19-16/h5-7,9-10,16,19H,3-4,8,11-14H2,1-2H3,(H,20,21). The number of hydrogen-bond acceptors (Lipinski definition) is 2. The van der Waals surface area contributed by atoms with Gasteiger partial charge < -0.3 is 10.6 Å². The summed E-state index contributed by atoms with van der Waals surface area (Å²) < 4.78 is 0. The Bertz CT molecular complexity index is 434. The molecular formula is C18H28N2O. The molecule has 3 heteroatoms. The molecule has 0 radical (unpaired) electrons. The number of carbonyl (C=O) groups excluding carboxylic acids is 1. The van der Waals surface area contributed by atoms with Crippen LogP contribution in [0.5, 0.6) is 0 Å². The van der Waals surface area contributed by atoms with Crippen molar-refractivity contribution in [2.75, 3.05) is 13.1 Å². The molecule has 0 aromatic heterocycles. The molecule has 0 saturated carbocycles. The highest BCUT2D eigenvalue weighted by atomic mass is 16.1. The minimum Gasteiger partial charge on any atom is -0.355 e. The molecule has 0 spiro atoms. The molecule has 1 heterocycles. The topological polar surface area (TPSA) is 41.1 Å². The molecular weight excluding hydrogens is 260 g/mol. The van der Waals surface area contributed by atoms with E-state index in [2.05, 4.69) is 48.7 Å². The van der Waals surface area contributed by atoms with Gasteiger partial charge in [0.2, 0.25) is 5.91 Å². The fourth-order valence-electron chi connectivity index (χ4n) is 3.30. The lowest BCUT2D eigenvalue weighted by Gasteiger charge is -2.33. The maximum Gasteiger partial charge on any atom is 0.221 e. The van der Waals surface area contributed by atoms with Gasteiger partial charge in [0.05, 0.1) is 0 Å². The molecule has 0 aliphatic carbocycles. The van der Waals surface area contributed by atoms with Crippen LogP contribution in [0.15, 0.2) is 30.3 Å². The second kappa shape index (κ2) is 7.60. The SMILES string of the molecule is CCC(CC)(CNC(=O)CC1CCCN1)c1ccccc1. The Morgan fingerprint density at radius 3 is 2.57 bits per heavy atom. The molecule has 2 rings (SSSR count). The molecule has 116 valence electrons. The zero-order valence-electron chi connectivity index (χ0n) is 13.3. The fraction of sp³-hybridized carbons (Fsp3) is 0.611. The number of rotatable bonds is 7. The Kier molecular flexibility index (Phi) is 5.80. The van der Waals surface area contributed by atoms with E-state index in [4.69, 9.17) is 0 Å². The van der Waals surface area contributed by atoms with E-state index in [9.17, 15) is 4.79 Å². The summed E-state index contributed by atoms with van der Waals surface area (Å²) in [6.07, 6.45) is 5.00. The third kappa shape index (κ3) is 4.07. The number of amides is 1. The Balaban J connectivity index is 1.95. The molecule has 1 amide bonds. The Hall–Kier alpha value is -1.35. The van der Waals surface area contributed by atoms with Crippen LogP contribution in [0.4, 0.5) is 0 Å². The van der Waals surface area contributed by atoms with Crippen molar-refractivity contribution in [1.29, 1.82) is 0 Å². The lowest BCUT2D eigenvalue weighted by Crippen LogP contribution is -2.41. The van der Waals surface area contributed by atoms with Crippen LogP contribution in [0.1, 0.15) is 51.5 Å². The Morgan fingerprint density at radius 2 is 2.00 bits per heavy atom. The normalized spacial score (nSPS) is 18.7. The predicted molar refractivity (Wildman–Crippen MR) is 87.4 cm³/mol. The number of nitrogens with one attached hydrogen (secondary N) is 2. The van der Waals surface area contributed by atoms with Gasteiger partial charge in [0.15, 0.2) is 0 Å². The summed E-state index contributed by atoms with van der Waals surface area (Å²) in [5.74, 6) is 0.177. The molecule has 1 atom stereocenters. The van der Waals surface area contributed by atoms with E-state index >= 15 is 0 Å². The number of hydrogen-bond donors (Lipinski definition) is 2. The molecule has 1 aromatic carbocycles. The molecule has 21 heavy (non-hydrogen) atoms. The molecule has 1 aromatic rings. The molecule has 2 N–H and O–H groups in total. The van der Waals surface area contributed by atoms with E-state index in [1.807, 2.05) is 6.07 Å². The first-order chi connectivity index (χ1) is 10.2. The third-order valence-corrected chi connectivity index (χ3v) is 4.96. The lowest BCUT2D eigenvalue weighted by molar-refractivity contribution is -0.121. The molecule has 3 nitrogen and oxygen atoms in total. The lowest BCUT2D eigenvalue weighted by atomic mass is 9.76. The maximum atomic E-state index is 12.2. The van der Waals surface area contributed by atoms with Gasteiger partial charge in [0.1, 0.15) is 0 Å². The van der Waals surface area contributed by atoms with Crippen molar-refractivity contribution in [2.45, 2.75) is 57.4 Å². The second-order valence-corrected chi connectivity index (χ2v) is 6.13. The van der Waals surface area contributed by atoms with Gasteiger partial charge in [-0.15, -0.1) is 0 Å². The van der Waals surface area contributed by atoms with Gasteiger partial charge in [-0.3, -0.25) is 4.79 Å². The monoisotopic (exact) mass is 288 g/mol. The largest absolute Gasteiger partial charge is 0.355 e. The summed E-state index contributed by atoms with van der Waals surface area (Å²) in [6, 6.07) is 10.9. The molecule has 1 unspecified atom stereocenters. The molecule has 0 bridgehead atoms. The van der Waals surface area contributed by atoms with E-state index in [0.717, 1.165) is 32.4 Å². The first-order valence-corrected chi connectivity index (χ1v) is 8.26. The van der Waals surface area contributed by atoms with Crippen LogP contribution in [0.2, 0.25) is 0 Å². The van der Waals surface area contributed by atoms with Crippen LogP contribution in [0.25, 0.3) is 0 Å². The first kappa shape index (κ1) is 16.0. The highest BCUT2D eigenvalue weighted by Crippen LogP contribution is 2.30. The fourth-order valence-corrected chi connectivity index (χ4v) is 3.30. The molecule has 1 saturated heterocycles. The van der Waals surface area contributed by atoms with Crippen LogP contribution in [-0.2, 0) is 10.2 Å². The summed E-state index contributed by atoms with van der Waals surface area (Å²) in [4.78, 5) is 12.2. The predicted octanol–water partition coefficient (Wildman–Crippen LogP) is 3.00. The number of carbonyl (C=O) groups is 1. The van der Waals surface area contributed by atoms with Crippen molar-refractivity contribution in [1.82, 2.24) is 10.6 Å². The molecule has 1 aliphatic rings. The van der Waals surface area contributed by atoms with Crippen molar-refractivity contribution in [3.63, 3.8) is 0 Å². The third-order valence-electron chi connectivity index (χ3n) is 4.96. The molecule has 1 aliphatic heterocycles. The molecule has 1 fully saturated rings. The maximum absolute atomic E-state index is 12.2. The summed E-state index contributed by atoms with van der Waals surface area (Å²) >= 11 is 0. The Labute approximate surface area is 128 Å². The van der Waals surface area contributed by atoms with Gasteiger partial charge in [-0.05, 0) is 37.8 Å². The van der Waals surface area contributed by atoms with Crippen LogP contribution < -0.4 is 10.6 Å². The minimum absolute atomic E-state index is 0.0556. The van der Waals surface area contributed by atoms with E-state index in [-0.39, 0.29) is 11.3 Å². The van der Waals surface area contributed by atoms with Crippen molar-refractivity contribution in [3.8, 4) is 0 Å². The first-order valence-electron chi connectivity index (χ1n) is 8.26. The summed E-state index contributed by atoms with van der Waals surface area (Å²) in [6.45, 7) is 6.20. The summed E-state index contributed by atoms with van der Waals surface area (Å²) in [7, 11) is 0. The van der Waals surface area contributed by atoms with Gasteiger partial charge in [-0.25, -0.2) is 0 Å². The second-order valence-electron chi connectivity index (χ2n) is 6.13. The highest BCUT2D eigenvalue weighted by molar-refractivity contribution is 5.76. The zero-order chi connectivity index (χ0) is 15.1. The van der Waals surface area contributed by atoms with Gasteiger partial charge in [0.25, 0.3) is 0 Å². The van der Waals surface area contributed by atoms with Crippen molar-refractivity contribution in [3.05, 3.63) is 35.9 Å². The van der Waals surface area contributed by atoms with Gasteiger partial charge >= 0.3 is 0 Å². The Morgan fingerprint density at radius 1 is 1.29 bits per heavy atom. The van der Waals surface area contributed by atoms with Crippen LogP contribution in [-0.4, -0.2) is 25.0 Å². The van der Waals surface area contributed by atoms with Gasteiger partial charge in [-0.2, -0.15) is 0 Å². The van der Waals surface area contributed by atoms with E-state index in [1.165, 1.54) is 12.0 Å². The number of benzene rings is 1. The van der Waals surface area contributed by atoms with Gasteiger partial charge in [0, 0.05) is 24.4 Å².